The summed E-state index contributed by atoms with van der Waals surface area (Å²) in [6.07, 6.45) is -2.84. The Balaban J connectivity index is 2.34. The zero-order chi connectivity index (χ0) is 11.1. The van der Waals surface area contributed by atoms with Gasteiger partial charge in [-0.1, -0.05) is 0 Å². The zero-order valence-electron chi connectivity index (χ0n) is 7.84. The molecular weight excluding hydrogens is 207 g/mol. The molecule has 0 amide bonds. The van der Waals surface area contributed by atoms with Crippen molar-refractivity contribution in [3.8, 4) is 5.75 Å². The molecule has 1 aromatic rings. The van der Waals surface area contributed by atoms with Crippen molar-refractivity contribution in [2.75, 3.05) is 5.73 Å². The highest BCUT2D eigenvalue weighted by Gasteiger charge is 2.36. The number of anilines is 1. The van der Waals surface area contributed by atoms with Gasteiger partial charge in [0.2, 0.25) is 0 Å². The number of nitrogens with two attached hydrogens (primary N) is 1. The Labute approximate surface area is 84.8 Å². The maximum absolute atomic E-state index is 12.5. The Morgan fingerprint density at radius 1 is 1.27 bits per heavy atom. The molecule has 1 aliphatic rings. The lowest BCUT2D eigenvalue weighted by Crippen LogP contribution is -2.10. The molecule has 1 saturated carbocycles. The molecule has 2 nitrogen and oxygen atoms in total. The second-order valence-corrected chi connectivity index (χ2v) is 3.57. The van der Waals surface area contributed by atoms with Crippen LogP contribution in [-0.2, 0) is 6.18 Å². The lowest BCUT2D eigenvalue weighted by molar-refractivity contribution is -0.139. The molecular formula is C10H10F3NO. The molecule has 1 fully saturated rings. The number of hydrogen-bond acceptors (Lipinski definition) is 2. The van der Waals surface area contributed by atoms with Gasteiger partial charge in [-0.15, -0.1) is 0 Å². The smallest absolute Gasteiger partial charge is 0.419 e. The molecule has 82 valence electrons. The van der Waals surface area contributed by atoms with Gasteiger partial charge >= 0.3 is 6.18 Å². The topological polar surface area (TPSA) is 35.2 Å². The van der Waals surface area contributed by atoms with Gasteiger partial charge in [-0.2, -0.15) is 13.2 Å². The molecule has 1 aliphatic carbocycles. The molecule has 0 unspecified atom stereocenters. The minimum absolute atomic E-state index is 0.0760. The largest absolute Gasteiger partial charge is 0.490 e. The van der Waals surface area contributed by atoms with E-state index in [0.717, 1.165) is 18.9 Å². The van der Waals surface area contributed by atoms with E-state index in [1.165, 1.54) is 12.1 Å². The van der Waals surface area contributed by atoms with Crippen LogP contribution in [0.2, 0.25) is 0 Å². The Hall–Kier alpha value is -1.39. The van der Waals surface area contributed by atoms with Gasteiger partial charge in [0.1, 0.15) is 5.75 Å². The molecule has 0 atom stereocenters. The Morgan fingerprint density at radius 2 is 1.93 bits per heavy atom. The Morgan fingerprint density at radius 3 is 2.47 bits per heavy atom. The van der Waals surface area contributed by atoms with E-state index in [4.69, 9.17) is 10.5 Å². The number of halogens is 3. The van der Waals surface area contributed by atoms with E-state index in [9.17, 15) is 13.2 Å². The monoisotopic (exact) mass is 217 g/mol. The van der Waals surface area contributed by atoms with E-state index in [-0.39, 0.29) is 17.5 Å². The van der Waals surface area contributed by atoms with Crippen molar-refractivity contribution in [3.05, 3.63) is 23.8 Å². The van der Waals surface area contributed by atoms with Crippen molar-refractivity contribution in [3.63, 3.8) is 0 Å². The molecule has 0 radical (unpaired) electrons. The van der Waals surface area contributed by atoms with E-state index in [1.54, 1.807) is 0 Å². The lowest BCUT2D eigenvalue weighted by atomic mass is 10.2. The van der Waals surface area contributed by atoms with Gasteiger partial charge in [0.25, 0.3) is 0 Å². The second-order valence-electron chi connectivity index (χ2n) is 3.57. The molecule has 0 heterocycles. The van der Waals surface area contributed by atoms with Crippen LogP contribution in [0.3, 0.4) is 0 Å². The number of ether oxygens (including phenoxy) is 1. The van der Waals surface area contributed by atoms with E-state index < -0.39 is 11.7 Å². The summed E-state index contributed by atoms with van der Waals surface area (Å²) in [5, 5.41) is 0. The SMILES string of the molecule is Nc1ccc(C(F)(F)F)c(OC2CC2)c1. The molecule has 15 heavy (non-hydrogen) atoms. The quantitative estimate of drug-likeness (QED) is 0.773. The fraction of sp³-hybridized carbons (Fsp3) is 0.400. The van der Waals surface area contributed by atoms with Crippen LogP contribution in [0, 0.1) is 0 Å². The highest BCUT2D eigenvalue weighted by Crippen LogP contribution is 2.39. The van der Waals surface area contributed by atoms with E-state index in [2.05, 4.69) is 0 Å². The average Bonchev–Trinajstić information content (AvgIpc) is 2.85. The first-order chi connectivity index (χ1) is 6.97. The number of nitrogen functional groups attached to an aromatic ring is 1. The Bertz CT molecular complexity index is 371. The predicted octanol–water partition coefficient (Wildman–Crippen LogP) is 2.83. The summed E-state index contributed by atoms with van der Waals surface area (Å²) in [4.78, 5) is 0. The Kier molecular flexibility index (Phi) is 2.25. The second kappa shape index (κ2) is 3.32. The van der Waals surface area contributed by atoms with Crippen LogP contribution >= 0.6 is 0 Å². The maximum Gasteiger partial charge on any atom is 0.419 e. The van der Waals surface area contributed by atoms with Crippen LogP contribution in [-0.4, -0.2) is 6.10 Å². The number of rotatable bonds is 2. The molecule has 1 aromatic carbocycles. The van der Waals surface area contributed by atoms with Gasteiger partial charge in [-0.25, -0.2) is 0 Å². The standard InChI is InChI=1S/C10H10F3NO/c11-10(12,13)8-4-1-6(14)5-9(8)15-7-2-3-7/h1,4-5,7H,2-3,14H2. The first kappa shape index (κ1) is 10.1. The van der Waals surface area contributed by atoms with Gasteiger partial charge < -0.3 is 10.5 Å². The van der Waals surface area contributed by atoms with Crippen LogP contribution in [0.15, 0.2) is 18.2 Å². The minimum Gasteiger partial charge on any atom is -0.490 e. The highest BCUT2D eigenvalue weighted by molar-refractivity contribution is 5.49. The molecule has 2 rings (SSSR count). The average molecular weight is 217 g/mol. The first-order valence-electron chi connectivity index (χ1n) is 4.60. The van der Waals surface area contributed by atoms with Gasteiger partial charge in [-0.3, -0.25) is 0 Å². The fourth-order valence-corrected chi connectivity index (χ4v) is 1.24. The maximum atomic E-state index is 12.5. The summed E-state index contributed by atoms with van der Waals surface area (Å²) in [5.41, 5.74) is 4.94. The summed E-state index contributed by atoms with van der Waals surface area (Å²) in [5.74, 6) is -0.162. The molecule has 5 heteroatoms. The zero-order valence-corrected chi connectivity index (χ0v) is 7.84. The molecule has 0 bridgehead atoms. The normalized spacial score (nSPS) is 16.5. The van der Waals surface area contributed by atoms with Crippen LogP contribution in [0.1, 0.15) is 18.4 Å². The highest BCUT2D eigenvalue weighted by atomic mass is 19.4. The lowest BCUT2D eigenvalue weighted by Gasteiger charge is -2.13. The van der Waals surface area contributed by atoms with Gasteiger partial charge in [0.05, 0.1) is 11.7 Å². The summed E-state index contributed by atoms with van der Waals surface area (Å²) in [6.45, 7) is 0. The number of benzene rings is 1. The van der Waals surface area contributed by atoms with E-state index in [0.29, 0.717) is 0 Å². The van der Waals surface area contributed by atoms with E-state index in [1.807, 2.05) is 0 Å². The van der Waals surface area contributed by atoms with E-state index >= 15 is 0 Å². The third-order valence-corrected chi connectivity index (χ3v) is 2.13. The van der Waals surface area contributed by atoms with Gasteiger partial charge in [-0.05, 0) is 25.0 Å². The van der Waals surface area contributed by atoms with Gasteiger partial charge in [0.15, 0.2) is 0 Å². The van der Waals surface area contributed by atoms with Crippen LogP contribution in [0.4, 0.5) is 18.9 Å². The van der Waals surface area contributed by atoms with Crippen molar-refractivity contribution in [2.45, 2.75) is 25.1 Å². The molecule has 0 aliphatic heterocycles. The summed E-state index contributed by atoms with van der Waals surface area (Å²) < 4.78 is 42.8. The van der Waals surface area contributed by atoms with Gasteiger partial charge in [0, 0.05) is 11.8 Å². The predicted molar refractivity (Wildman–Crippen MR) is 49.5 cm³/mol. The summed E-state index contributed by atoms with van der Waals surface area (Å²) >= 11 is 0. The number of hydrogen-bond donors (Lipinski definition) is 1. The molecule has 0 saturated heterocycles. The van der Waals surface area contributed by atoms with Crippen molar-refractivity contribution >= 4 is 5.69 Å². The minimum atomic E-state index is -4.39. The molecule has 0 spiro atoms. The van der Waals surface area contributed by atoms with Crippen molar-refractivity contribution in [2.24, 2.45) is 0 Å². The van der Waals surface area contributed by atoms with Crippen LogP contribution in [0.5, 0.6) is 5.75 Å². The molecule has 0 aromatic heterocycles. The summed E-state index contributed by atoms with van der Waals surface area (Å²) in [6, 6.07) is 3.40. The third kappa shape index (κ3) is 2.34. The van der Waals surface area contributed by atoms with Crippen LogP contribution in [0.25, 0.3) is 0 Å². The fourth-order valence-electron chi connectivity index (χ4n) is 1.24. The van der Waals surface area contributed by atoms with Crippen molar-refractivity contribution < 1.29 is 17.9 Å². The molecule has 2 N–H and O–H groups in total. The van der Waals surface area contributed by atoms with Crippen molar-refractivity contribution in [1.29, 1.82) is 0 Å². The van der Waals surface area contributed by atoms with Crippen LogP contribution < -0.4 is 10.5 Å². The number of alkyl halides is 3. The summed E-state index contributed by atoms with van der Waals surface area (Å²) in [7, 11) is 0. The third-order valence-electron chi connectivity index (χ3n) is 2.13. The first-order valence-corrected chi connectivity index (χ1v) is 4.60. The van der Waals surface area contributed by atoms with Crippen molar-refractivity contribution in [1.82, 2.24) is 0 Å².